The van der Waals surface area contributed by atoms with Crippen LogP contribution in [0.2, 0.25) is 0 Å². The molecule has 2 rings (SSSR count). The van der Waals surface area contributed by atoms with E-state index in [-0.39, 0.29) is 11.6 Å². The summed E-state index contributed by atoms with van der Waals surface area (Å²) in [5.41, 5.74) is 0. The van der Waals surface area contributed by atoms with Crippen LogP contribution in [0.3, 0.4) is 0 Å². The highest BCUT2D eigenvalue weighted by Gasteiger charge is 2.89. The first-order valence-electron chi connectivity index (χ1n) is 2.41. The van der Waals surface area contributed by atoms with Gasteiger partial charge < -0.3 is 9.47 Å². The molecule has 0 spiro atoms. The molecule has 0 atom stereocenters. The van der Waals surface area contributed by atoms with Gasteiger partial charge in [-0.2, -0.15) is 25.3 Å². The van der Waals surface area contributed by atoms with Crippen molar-refractivity contribution in [1.82, 2.24) is 0 Å². The van der Waals surface area contributed by atoms with Gasteiger partial charge in [-0.15, -0.1) is 0 Å². The lowest BCUT2D eigenvalue weighted by atomic mass is 10.4. The summed E-state index contributed by atoms with van der Waals surface area (Å²) in [6.45, 7) is 0. The zero-order valence-electron chi connectivity index (χ0n) is 4.13. The third-order valence-electron chi connectivity index (χ3n) is 1.57. The molecule has 0 radical (unpaired) electrons. The van der Waals surface area contributed by atoms with Crippen molar-refractivity contribution in [3.63, 3.8) is 0 Å². The minimum Gasteiger partial charge on any atom is -0.305 e. The van der Waals surface area contributed by atoms with Gasteiger partial charge >= 0.3 is 0 Å². The highest BCUT2D eigenvalue weighted by Crippen LogP contribution is 2.68. The van der Waals surface area contributed by atoms with Gasteiger partial charge in [0.25, 0.3) is 0 Å². The lowest BCUT2D eigenvalue weighted by Crippen LogP contribution is -1.99. The van der Waals surface area contributed by atoms with Crippen LogP contribution in [0.15, 0.2) is 0 Å². The third-order valence-corrected chi connectivity index (χ3v) is 2.41. The van der Waals surface area contributed by atoms with Gasteiger partial charge in [0.15, 0.2) is 0 Å². The number of fused-ring (bicyclic) bond motifs is 1. The molecular weight excluding hydrogens is 144 g/mol. The van der Waals surface area contributed by atoms with Gasteiger partial charge in [0, 0.05) is 0 Å². The molecule has 0 aromatic rings. The molecule has 0 unspecified atom stereocenters. The average Bonchev–Trinajstić information content (AvgIpc) is 2.48. The van der Waals surface area contributed by atoms with Crippen LogP contribution in [0.25, 0.3) is 0 Å². The molecule has 0 aromatic carbocycles. The van der Waals surface area contributed by atoms with Crippen LogP contribution in [0, 0.1) is 0 Å². The molecule has 2 saturated heterocycles. The van der Waals surface area contributed by atoms with Crippen molar-refractivity contribution in [2.45, 2.75) is 11.6 Å². The third kappa shape index (κ3) is 0.375. The first-order chi connectivity index (χ1) is 3.79. The summed E-state index contributed by atoms with van der Waals surface area (Å²) in [5.74, 6) is 0.677. The highest BCUT2D eigenvalue weighted by atomic mass is 32.1. The molecule has 46 valence electrons. The topological polar surface area (TPSA) is 25.1 Å². The van der Waals surface area contributed by atoms with Crippen molar-refractivity contribution in [2.24, 2.45) is 0 Å². The summed E-state index contributed by atoms with van der Waals surface area (Å²) in [4.78, 5) is 0. The Morgan fingerprint density at radius 1 is 1.00 bits per heavy atom. The Kier molecular flexibility index (Phi) is 0.817. The summed E-state index contributed by atoms with van der Waals surface area (Å²) >= 11 is 8.06. The van der Waals surface area contributed by atoms with E-state index < -0.39 is 0 Å². The fraction of sp³-hybridized carbons (Fsp3) is 1.00. The van der Waals surface area contributed by atoms with Crippen molar-refractivity contribution in [1.29, 1.82) is 0 Å². The van der Waals surface area contributed by atoms with Crippen LogP contribution in [0.4, 0.5) is 0 Å². The van der Waals surface area contributed by atoms with E-state index in [0.717, 1.165) is 0 Å². The molecule has 2 aliphatic heterocycles. The van der Waals surface area contributed by atoms with Gasteiger partial charge in [0.05, 0.1) is 11.5 Å². The maximum absolute atomic E-state index is 5.10. The van der Waals surface area contributed by atoms with E-state index in [4.69, 9.17) is 9.47 Å². The van der Waals surface area contributed by atoms with Crippen molar-refractivity contribution in [3.05, 3.63) is 0 Å². The predicted molar refractivity (Wildman–Crippen MR) is 35.3 cm³/mol. The maximum Gasteiger partial charge on any atom is 0.239 e. The molecule has 0 aliphatic carbocycles. The predicted octanol–water partition coefficient (Wildman–Crippen LogP) is 0.299. The molecule has 0 bridgehead atoms. The van der Waals surface area contributed by atoms with Crippen LogP contribution in [-0.4, -0.2) is 23.1 Å². The monoisotopic (exact) mass is 150 g/mol. The zero-order chi connectivity index (χ0) is 5.83. The van der Waals surface area contributed by atoms with Crippen molar-refractivity contribution >= 4 is 25.3 Å². The lowest BCUT2D eigenvalue weighted by molar-refractivity contribution is -0.0770. The molecule has 2 aliphatic rings. The second kappa shape index (κ2) is 1.21. The smallest absolute Gasteiger partial charge is 0.239 e. The van der Waals surface area contributed by atoms with E-state index in [1.807, 2.05) is 0 Å². The largest absolute Gasteiger partial charge is 0.305 e. The Morgan fingerprint density at radius 3 is 1.50 bits per heavy atom. The van der Waals surface area contributed by atoms with E-state index in [9.17, 15) is 0 Å². The van der Waals surface area contributed by atoms with Crippen LogP contribution in [-0.2, 0) is 9.47 Å². The first kappa shape index (κ1) is 5.41. The van der Waals surface area contributed by atoms with Crippen molar-refractivity contribution < 1.29 is 9.47 Å². The lowest BCUT2D eigenvalue weighted by Gasteiger charge is -1.93. The first-order valence-corrected chi connectivity index (χ1v) is 3.67. The van der Waals surface area contributed by atoms with Crippen molar-refractivity contribution in [3.8, 4) is 0 Å². The van der Waals surface area contributed by atoms with Gasteiger partial charge in [0.1, 0.15) is 0 Å². The van der Waals surface area contributed by atoms with Gasteiger partial charge in [-0.25, -0.2) is 0 Å². The molecule has 2 heterocycles. The number of thiol groups is 2. The Hall–Kier alpha value is 0.620. The summed E-state index contributed by atoms with van der Waals surface area (Å²) in [7, 11) is 0. The molecule has 0 amide bonds. The quantitative estimate of drug-likeness (QED) is 0.437. The van der Waals surface area contributed by atoms with Crippen LogP contribution >= 0.6 is 25.3 Å². The van der Waals surface area contributed by atoms with E-state index in [1.54, 1.807) is 0 Å². The average molecular weight is 150 g/mol. The fourth-order valence-corrected chi connectivity index (χ4v) is 1.60. The minimum atomic E-state index is -0.308. The van der Waals surface area contributed by atoms with E-state index in [0.29, 0.717) is 11.5 Å². The van der Waals surface area contributed by atoms with Crippen LogP contribution in [0.1, 0.15) is 0 Å². The van der Waals surface area contributed by atoms with Gasteiger partial charge in [-0.3, -0.25) is 0 Å². The number of rotatable bonds is 2. The Bertz CT molecular complexity index is 116. The van der Waals surface area contributed by atoms with E-state index in [1.165, 1.54) is 0 Å². The molecule has 2 nitrogen and oxygen atoms in total. The summed E-state index contributed by atoms with van der Waals surface area (Å²) in [5, 5.41) is 0. The number of hydrogen-bond donors (Lipinski definition) is 2. The van der Waals surface area contributed by atoms with E-state index in [2.05, 4.69) is 25.3 Å². The number of ether oxygens (including phenoxy) is 2. The standard InChI is InChI=1S/C4H6O2S2/c7-1-3-4(2-8,5-3)6-3/h7-8H,1-2H2. The van der Waals surface area contributed by atoms with Crippen molar-refractivity contribution in [2.75, 3.05) is 11.5 Å². The molecule has 2 fully saturated rings. The number of epoxide rings is 2. The Labute approximate surface area is 58.4 Å². The summed E-state index contributed by atoms with van der Waals surface area (Å²) < 4.78 is 10.2. The van der Waals surface area contributed by atoms with Crippen LogP contribution < -0.4 is 0 Å². The molecule has 8 heavy (non-hydrogen) atoms. The van der Waals surface area contributed by atoms with Gasteiger partial charge in [-0.05, 0) is 0 Å². The SMILES string of the molecule is SCC12OC1(CS)O2. The maximum atomic E-state index is 5.10. The Morgan fingerprint density at radius 2 is 1.38 bits per heavy atom. The zero-order valence-corrected chi connectivity index (χ0v) is 5.91. The van der Waals surface area contributed by atoms with Gasteiger partial charge in [-0.1, -0.05) is 0 Å². The summed E-state index contributed by atoms with van der Waals surface area (Å²) in [6, 6.07) is 0. The molecule has 0 aromatic heterocycles. The second-order valence-corrected chi connectivity index (χ2v) is 2.66. The minimum absolute atomic E-state index is 0.308. The van der Waals surface area contributed by atoms with Crippen LogP contribution in [0.5, 0.6) is 0 Å². The Balaban J connectivity index is 2.04. The second-order valence-electron chi connectivity index (χ2n) is 2.03. The molecule has 4 heteroatoms. The molecule has 0 saturated carbocycles. The summed E-state index contributed by atoms with van der Waals surface area (Å²) in [6.07, 6.45) is 0. The fourth-order valence-electron chi connectivity index (χ4n) is 0.859. The highest BCUT2D eigenvalue weighted by molar-refractivity contribution is 7.80. The van der Waals surface area contributed by atoms with E-state index >= 15 is 0 Å². The normalized spacial score (nSPS) is 57.8. The molecule has 0 N–H and O–H groups in total. The molecular formula is C4H6O2S2. The van der Waals surface area contributed by atoms with Gasteiger partial charge in [0.2, 0.25) is 11.6 Å². The number of hydrogen-bond acceptors (Lipinski definition) is 4.